The van der Waals surface area contributed by atoms with Crippen molar-refractivity contribution in [2.75, 3.05) is 6.61 Å². The number of tetrazole rings is 1. The number of ether oxygens (including phenoxy) is 1. The highest BCUT2D eigenvalue weighted by Crippen LogP contribution is 2.22. The second-order valence-electron chi connectivity index (χ2n) is 5.22. The summed E-state index contributed by atoms with van der Waals surface area (Å²) in [6.07, 6.45) is 0. The summed E-state index contributed by atoms with van der Waals surface area (Å²) in [7, 11) is 1.73. The van der Waals surface area contributed by atoms with Crippen molar-refractivity contribution >= 4 is 16.8 Å². The number of hydrogen-bond donors (Lipinski definition) is 2. The zero-order valence-electron chi connectivity index (χ0n) is 13.2. The van der Waals surface area contributed by atoms with Gasteiger partial charge < -0.3 is 15.0 Å². The molecular formula is C15H18N6O2. The van der Waals surface area contributed by atoms with Crippen molar-refractivity contribution < 1.29 is 9.53 Å². The molecule has 2 aromatic heterocycles. The van der Waals surface area contributed by atoms with Crippen LogP contribution in [0.5, 0.6) is 5.75 Å². The molecule has 2 heterocycles. The van der Waals surface area contributed by atoms with Gasteiger partial charge in [-0.3, -0.25) is 4.79 Å². The van der Waals surface area contributed by atoms with Gasteiger partial charge in [-0.1, -0.05) is 0 Å². The van der Waals surface area contributed by atoms with Crippen LogP contribution in [-0.4, -0.2) is 37.7 Å². The predicted molar refractivity (Wildman–Crippen MR) is 84.1 cm³/mol. The van der Waals surface area contributed by atoms with Crippen molar-refractivity contribution in [2.45, 2.75) is 19.9 Å². The quantitative estimate of drug-likeness (QED) is 0.745. The molecular weight excluding hydrogens is 296 g/mol. The van der Waals surface area contributed by atoms with Gasteiger partial charge >= 0.3 is 0 Å². The highest BCUT2D eigenvalue weighted by atomic mass is 16.5. The van der Waals surface area contributed by atoms with E-state index in [1.54, 1.807) is 7.05 Å². The molecule has 0 radical (unpaired) electrons. The van der Waals surface area contributed by atoms with Gasteiger partial charge in [-0.25, -0.2) is 4.68 Å². The molecule has 3 aromatic rings. The second kappa shape index (κ2) is 6.07. The van der Waals surface area contributed by atoms with E-state index in [2.05, 4.69) is 25.8 Å². The Morgan fingerprint density at radius 2 is 2.26 bits per heavy atom. The third-order valence-corrected chi connectivity index (χ3v) is 3.54. The number of aromatic nitrogens is 5. The predicted octanol–water partition coefficient (Wildman–Crippen LogP) is 1.58. The topological polar surface area (TPSA) is 97.7 Å². The number of hydrogen-bond acceptors (Lipinski definition) is 5. The molecule has 1 amide bonds. The van der Waals surface area contributed by atoms with Crippen molar-refractivity contribution in [1.29, 1.82) is 0 Å². The molecule has 0 bridgehead atoms. The third kappa shape index (κ3) is 3.01. The molecule has 0 spiro atoms. The molecule has 0 saturated carbocycles. The van der Waals surface area contributed by atoms with Gasteiger partial charge in [-0.05, 0) is 42.5 Å². The molecule has 0 aliphatic rings. The Labute approximate surface area is 132 Å². The molecule has 0 aliphatic heterocycles. The van der Waals surface area contributed by atoms with E-state index in [0.717, 1.165) is 16.7 Å². The fraction of sp³-hybridized carbons (Fsp3) is 0.333. The minimum atomic E-state index is -0.298. The Morgan fingerprint density at radius 3 is 2.96 bits per heavy atom. The van der Waals surface area contributed by atoms with Gasteiger partial charge in [0.2, 0.25) is 0 Å². The molecule has 0 fully saturated rings. The number of aryl methyl sites for hydroxylation is 1. The average Bonchev–Trinajstić information content (AvgIpc) is 3.13. The van der Waals surface area contributed by atoms with Crippen LogP contribution in [0.15, 0.2) is 24.3 Å². The maximum Gasteiger partial charge on any atom is 0.268 e. The average molecular weight is 314 g/mol. The molecule has 1 atom stereocenters. The summed E-state index contributed by atoms with van der Waals surface area (Å²) in [5, 5.41) is 15.1. The zero-order valence-corrected chi connectivity index (χ0v) is 13.2. The fourth-order valence-electron chi connectivity index (χ4n) is 2.43. The smallest absolute Gasteiger partial charge is 0.268 e. The largest absolute Gasteiger partial charge is 0.494 e. The molecule has 8 heteroatoms. The van der Waals surface area contributed by atoms with Crippen molar-refractivity contribution in [1.82, 2.24) is 30.5 Å². The minimum Gasteiger partial charge on any atom is -0.494 e. The number of carbonyl (C=O) groups is 1. The van der Waals surface area contributed by atoms with E-state index >= 15 is 0 Å². The van der Waals surface area contributed by atoms with Crippen molar-refractivity contribution in [3.63, 3.8) is 0 Å². The second-order valence-corrected chi connectivity index (χ2v) is 5.22. The Hall–Kier alpha value is -2.90. The number of rotatable bonds is 5. The number of nitrogens with zero attached hydrogens (tertiary/aromatic N) is 4. The van der Waals surface area contributed by atoms with E-state index in [4.69, 9.17) is 4.74 Å². The van der Waals surface area contributed by atoms with Gasteiger partial charge in [0.25, 0.3) is 5.91 Å². The van der Waals surface area contributed by atoms with Crippen LogP contribution < -0.4 is 10.1 Å². The van der Waals surface area contributed by atoms with Crippen LogP contribution in [0.25, 0.3) is 10.9 Å². The number of carbonyl (C=O) groups excluding carboxylic acids is 1. The summed E-state index contributed by atoms with van der Waals surface area (Å²) in [4.78, 5) is 15.5. The minimum absolute atomic E-state index is 0.213. The fourth-order valence-corrected chi connectivity index (χ4v) is 2.43. The Bertz CT molecular complexity index is 837. The lowest BCUT2D eigenvalue weighted by Crippen LogP contribution is -2.28. The highest BCUT2D eigenvalue weighted by molar-refractivity contribution is 5.98. The molecule has 120 valence electrons. The van der Waals surface area contributed by atoms with Crippen LogP contribution in [0.2, 0.25) is 0 Å². The molecule has 1 aromatic carbocycles. The van der Waals surface area contributed by atoms with Gasteiger partial charge in [0.1, 0.15) is 11.4 Å². The number of fused-ring (bicyclic) bond motifs is 1. The molecule has 3 rings (SSSR count). The summed E-state index contributed by atoms with van der Waals surface area (Å²) in [5.74, 6) is 1.15. The summed E-state index contributed by atoms with van der Waals surface area (Å²) < 4.78 is 7.00. The van der Waals surface area contributed by atoms with Gasteiger partial charge in [-0.15, -0.1) is 5.10 Å². The monoisotopic (exact) mass is 314 g/mol. The molecule has 23 heavy (non-hydrogen) atoms. The van der Waals surface area contributed by atoms with E-state index in [-0.39, 0.29) is 11.9 Å². The zero-order chi connectivity index (χ0) is 16.4. The first kappa shape index (κ1) is 15.0. The molecule has 0 aliphatic carbocycles. The van der Waals surface area contributed by atoms with E-state index in [0.29, 0.717) is 18.1 Å². The molecule has 2 N–H and O–H groups in total. The van der Waals surface area contributed by atoms with Gasteiger partial charge in [0.05, 0.1) is 12.6 Å². The van der Waals surface area contributed by atoms with E-state index in [9.17, 15) is 4.79 Å². The number of benzene rings is 1. The van der Waals surface area contributed by atoms with E-state index in [1.807, 2.05) is 38.1 Å². The lowest BCUT2D eigenvalue weighted by molar-refractivity contribution is 0.0933. The summed E-state index contributed by atoms with van der Waals surface area (Å²) in [6.45, 7) is 4.36. The van der Waals surface area contributed by atoms with Crippen molar-refractivity contribution in [3.8, 4) is 5.75 Å². The lowest BCUT2D eigenvalue weighted by atomic mass is 10.2. The molecule has 1 unspecified atom stereocenters. The van der Waals surface area contributed by atoms with Gasteiger partial charge in [0.15, 0.2) is 5.82 Å². The number of amides is 1. The van der Waals surface area contributed by atoms with Crippen molar-refractivity contribution in [2.24, 2.45) is 7.05 Å². The number of aromatic amines is 1. The standard InChI is InChI=1S/C15H18N6O2/c1-4-23-11-6-5-10-7-13(17-12(10)8-11)15(22)16-9(2)14-18-19-20-21(14)3/h5-9,17H,4H2,1-3H3,(H,16,22). The lowest BCUT2D eigenvalue weighted by Gasteiger charge is -2.11. The SMILES string of the molecule is CCOc1ccc2cc(C(=O)NC(C)c3nnnn3C)[nH]c2c1. The Balaban J connectivity index is 1.79. The highest BCUT2D eigenvalue weighted by Gasteiger charge is 2.17. The third-order valence-electron chi connectivity index (χ3n) is 3.54. The van der Waals surface area contributed by atoms with E-state index < -0.39 is 0 Å². The van der Waals surface area contributed by atoms with Crippen LogP contribution in [0.3, 0.4) is 0 Å². The van der Waals surface area contributed by atoms with E-state index in [1.165, 1.54) is 4.68 Å². The Morgan fingerprint density at radius 1 is 1.43 bits per heavy atom. The summed E-state index contributed by atoms with van der Waals surface area (Å²) in [6, 6.07) is 7.19. The normalized spacial score (nSPS) is 12.3. The van der Waals surface area contributed by atoms with Crippen LogP contribution in [0.1, 0.15) is 36.2 Å². The Kier molecular flexibility index (Phi) is 3.96. The number of H-pyrrole nitrogens is 1. The summed E-state index contributed by atoms with van der Waals surface area (Å²) >= 11 is 0. The van der Waals surface area contributed by atoms with Crippen LogP contribution in [0, 0.1) is 0 Å². The first-order valence-corrected chi connectivity index (χ1v) is 7.37. The van der Waals surface area contributed by atoms with Gasteiger partial charge in [-0.2, -0.15) is 0 Å². The van der Waals surface area contributed by atoms with Crippen LogP contribution in [0.4, 0.5) is 0 Å². The molecule has 0 saturated heterocycles. The van der Waals surface area contributed by atoms with Crippen molar-refractivity contribution in [3.05, 3.63) is 35.8 Å². The molecule has 8 nitrogen and oxygen atoms in total. The van der Waals surface area contributed by atoms with Gasteiger partial charge in [0, 0.05) is 24.0 Å². The maximum absolute atomic E-state index is 12.4. The van der Waals surface area contributed by atoms with Crippen LogP contribution >= 0.6 is 0 Å². The maximum atomic E-state index is 12.4. The van der Waals surface area contributed by atoms with Crippen LogP contribution in [-0.2, 0) is 7.05 Å². The number of nitrogens with one attached hydrogen (secondary N) is 2. The first-order valence-electron chi connectivity index (χ1n) is 7.37. The first-order chi connectivity index (χ1) is 11.1. The summed E-state index contributed by atoms with van der Waals surface area (Å²) in [5.41, 5.74) is 1.34.